The summed E-state index contributed by atoms with van der Waals surface area (Å²) in [5.41, 5.74) is 2.62. The summed E-state index contributed by atoms with van der Waals surface area (Å²) < 4.78 is 6.58. The minimum atomic E-state index is -0.639. The number of aryl methyl sites for hydroxylation is 2. The van der Waals surface area contributed by atoms with E-state index < -0.39 is 11.8 Å². The molecule has 0 bridgehead atoms. The van der Waals surface area contributed by atoms with Crippen molar-refractivity contribution >= 4 is 34.1 Å². The molecule has 0 saturated carbocycles. The number of fused-ring (bicyclic) bond motifs is 1. The lowest BCUT2D eigenvalue weighted by Gasteiger charge is -2.15. The van der Waals surface area contributed by atoms with E-state index in [9.17, 15) is 9.59 Å². The Morgan fingerprint density at radius 3 is 2.75 bits per heavy atom. The Bertz CT molecular complexity index is 1200. The summed E-state index contributed by atoms with van der Waals surface area (Å²) in [6.45, 7) is 4.04. The van der Waals surface area contributed by atoms with E-state index in [1.807, 2.05) is 19.1 Å². The van der Waals surface area contributed by atoms with Gasteiger partial charge in [0.15, 0.2) is 0 Å². The van der Waals surface area contributed by atoms with Crippen LogP contribution in [-0.4, -0.2) is 52.0 Å². The molecule has 0 saturated heterocycles. The van der Waals surface area contributed by atoms with E-state index in [1.165, 1.54) is 24.1 Å². The first-order valence-electron chi connectivity index (χ1n) is 10.0. The predicted molar refractivity (Wildman–Crippen MR) is 123 cm³/mol. The van der Waals surface area contributed by atoms with E-state index in [4.69, 9.17) is 10.1 Å². The number of aromatic nitrogens is 3. The maximum absolute atomic E-state index is 12.9. The molecule has 3 rings (SSSR count). The minimum absolute atomic E-state index is 0.0149. The van der Waals surface area contributed by atoms with Crippen molar-refractivity contribution in [2.24, 2.45) is 7.05 Å². The number of carbonyl (C=O) groups is 2. The molecule has 0 aliphatic rings. The van der Waals surface area contributed by atoms with Crippen LogP contribution in [0.3, 0.4) is 0 Å². The van der Waals surface area contributed by atoms with Crippen LogP contribution in [0.5, 0.6) is 0 Å². The highest BCUT2D eigenvalue weighted by atomic mass is 16.5. The van der Waals surface area contributed by atoms with Gasteiger partial charge in [-0.15, -0.1) is 0 Å². The molecule has 2 aromatic heterocycles. The zero-order valence-corrected chi connectivity index (χ0v) is 18.5. The molecule has 1 aromatic carbocycles. The highest BCUT2D eigenvalue weighted by Crippen LogP contribution is 2.18. The fraction of sp³-hybridized carbons (Fsp3) is 0.261. The number of methoxy groups -OCH3 is 1. The molecule has 2 heterocycles. The molecule has 0 unspecified atom stereocenters. The van der Waals surface area contributed by atoms with Gasteiger partial charge in [-0.3, -0.25) is 19.3 Å². The summed E-state index contributed by atoms with van der Waals surface area (Å²) in [6, 6.07) is 7.02. The number of carbonyl (C=O) groups excluding carboxylic acids is 2. The molecule has 2 amide bonds. The smallest absolute Gasteiger partial charge is 0.261 e. The van der Waals surface area contributed by atoms with Gasteiger partial charge < -0.3 is 20.8 Å². The van der Waals surface area contributed by atoms with Crippen molar-refractivity contribution in [3.63, 3.8) is 0 Å². The number of hydrogen-bond donors (Lipinski definition) is 3. The molecule has 0 radical (unpaired) electrons. The molecule has 32 heavy (non-hydrogen) atoms. The maximum Gasteiger partial charge on any atom is 0.261 e. The van der Waals surface area contributed by atoms with Crippen LogP contribution in [-0.2, 0) is 21.4 Å². The number of allylic oxidation sites excluding steroid dienone is 1. The third kappa shape index (κ3) is 5.44. The number of ether oxygens (including phenoxy) is 1. The van der Waals surface area contributed by atoms with Crippen LogP contribution >= 0.6 is 0 Å². The van der Waals surface area contributed by atoms with Gasteiger partial charge in [0.2, 0.25) is 0 Å². The Morgan fingerprint density at radius 1 is 1.28 bits per heavy atom. The van der Waals surface area contributed by atoms with Crippen molar-refractivity contribution < 1.29 is 14.3 Å². The summed E-state index contributed by atoms with van der Waals surface area (Å²) in [5, 5.41) is 18.9. The van der Waals surface area contributed by atoms with E-state index >= 15 is 0 Å². The van der Waals surface area contributed by atoms with Crippen LogP contribution in [0.25, 0.3) is 10.9 Å². The summed E-state index contributed by atoms with van der Waals surface area (Å²) in [5.74, 6) is -1.24. The van der Waals surface area contributed by atoms with Gasteiger partial charge in [0.05, 0.1) is 29.7 Å². The fourth-order valence-electron chi connectivity index (χ4n) is 3.20. The van der Waals surface area contributed by atoms with Gasteiger partial charge in [0.25, 0.3) is 11.8 Å². The minimum Gasteiger partial charge on any atom is -0.383 e. The molecule has 166 valence electrons. The molecule has 3 aromatic rings. The van der Waals surface area contributed by atoms with E-state index in [0.29, 0.717) is 11.3 Å². The van der Waals surface area contributed by atoms with Crippen LogP contribution in [0.1, 0.15) is 18.1 Å². The average Bonchev–Trinajstić information content (AvgIpc) is 3.16. The SMILES string of the molecule is COC[C@H](C)NC(=O)/C(=C/C(=N)c1ccc2c(C)ccnc2c1)C(=O)Nc1cnn(C)c1. The van der Waals surface area contributed by atoms with Crippen molar-refractivity contribution in [1.82, 2.24) is 20.1 Å². The molecule has 1 atom stereocenters. The first-order chi connectivity index (χ1) is 15.3. The molecular formula is C23H26N6O3. The van der Waals surface area contributed by atoms with Gasteiger partial charge >= 0.3 is 0 Å². The second-order valence-corrected chi connectivity index (χ2v) is 7.52. The Labute approximate surface area is 186 Å². The zero-order chi connectivity index (χ0) is 23.3. The van der Waals surface area contributed by atoms with Crippen LogP contribution in [0.4, 0.5) is 5.69 Å². The number of benzene rings is 1. The maximum atomic E-state index is 12.9. The Morgan fingerprint density at radius 2 is 2.06 bits per heavy atom. The lowest BCUT2D eigenvalue weighted by Crippen LogP contribution is -2.39. The largest absolute Gasteiger partial charge is 0.383 e. The number of hydrogen-bond acceptors (Lipinski definition) is 6. The van der Waals surface area contributed by atoms with Crippen LogP contribution in [0.2, 0.25) is 0 Å². The summed E-state index contributed by atoms with van der Waals surface area (Å²) in [4.78, 5) is 30.1. The van der Waals surface area contributed by atoms with Crippen LogP contribution in [0.15, 0.2) is 54.5 Å². The highest BCUT2D eigenvalue weighted by molar-refractivity contribution is 6.27. The topological polar surface area (TPSA) is 122 Å². The van der Waals surface area contributed by atoms with E-state index in [2.05, 4.69) is 20.7 Å². The monoisotopic (exact) mass is 434 g/mol. The zero-order valence-electron chi connectivity index (χ0n) is 18.5. The quantitative estimate of drug-likeness (QED) is 0.217. The number of amides is 2. The molecule has 9 nitrogen and oxygen atoms in total. The molecule has 9 heteroatoms. The summed E-state index contributed by atoms with van der Waals surface area (Å²) in [7, 11) is 3.25. The molecule has 0 spiro atoms. The first-order valence-corrected chi connectivity index (χ1v) is 10.0. The van der Waals surface area contributed by atoms with Gasteiger partial charge in [0, 0.05) is 43.5 Å². The molecular weight excluding hydrogens is 408 g/mol. The number of nitrogens with zero attached hydrogens (tertiary/aromatic N) is 3. The average molecular weight is 435 g/mol. The van der Waals surface area contributed by atoms with Gasteiger partial charge in [-0.25, -0.2) is 0 Å². The second kappa shape index (κ2) is 9.97. The van der Waals surface area contributed by atoms with Crippen LogP contribution < -0.4 is 10.6 Å². The molecule has 0 fully saturated rings. The summed E-state index contributed by atoms with van der Waals surface area (Å²) in [6.07, 6.45) is 6.06. The van der Waals surface area contributed by atoms with Crippen molar-refractivity contribution in [2.45, 2.75) is 19.9 Å². The van der Waals surface area contributed by atoms with Crippen molar-refractivity contribution in [1.29, 1.82) is 5.41 Å². The standard InChI is InChI=1S/C23H26N6O3/c1-14-7-8-25-21-9-16(5-6-18(14)21)20(24)10-19(22(30)27-15(2)13-32-4)23(31)28-17-11-26-29(3)12-17/h5-12,15,24H,13H2,1-4H3,(H,27,30)(H,28,31)/b19-10-,24-20?/t15-/m0/s1. The molecule has 0 aliphatic heterocycles. The van der Waals surface area contributed by atoms with Gasteiger partial charge in [-0.1, -0.05) is 12.1 Å². The number of nitrogens with one attached hydrogen (secondary N) is 3. The summed E-state index contributed by atoms with van der Waals surface area (Å²) >= 11 is 0. The third-order valence-electron chi connectivity index (χ3n) is 4.81. The van der Waals surface area contributed by atoms with Crippen LogP contribution in [0, 0.1) is 12.3 Å². The van der Waals surface area contributed by atoms with Crippen molar-refractivity contribution in [3.05, 3.63) is 65.6 Å². The predicted octanol–water partition coefficient (Wildman–Crippen LogP) is 2.36. The number of anilines is 1. The normalized spacial score (nSPS) is 12.4. The van der Waals surface area contributed by atoms with E-state index in [0.717, 1.165) is 16.5 Å². The van der Waals surface area contributed by atoms with Crippen molar-refractivity contribution in [3.8, 4) is 0 Å². The fourth-order valence-corrected chi connectivity index (χ4v) is 3.20. The van der Waals surface area contributed by atoms with E-state index in [1.54, 1.807) is 38.5 Å². The Balaban J connectivity index is 1.92. The van der Waals surface area contributed by atoms with E-state index in [-0.39, 0.29) is 23.9 Å². The van der Waals surface area contributed by atoms with Gasteiger partial charge in [0.1, 0.15) is 5.57 Å². The van der Waals surface area contributed by atoms with Gasteiger partial charge in [-0.2, -0.15) is 5.10 Å². The lowest BCUT2D eigenvalue weighted by atomic mass is 10.0. The molecule has 0 aliphatic carbocycles. The van der Waals surface area contributed by atoms with Gasteiger partial charge in [-0.05, 0) is 37.6 Å². The number of pyridine rings is 1. The second-order valence-electron chi connectivity index (χ2n) is 7.52. The number of rotatable bonds is 8. The lowest BCUT2D eigenvalue weighted by molar-refractivity contribution is -0.122. The van der Waals surface area contributed by atoms with Crippen molar-refractivity contribution in [2.75, 3.05) is 19.0 Å². The Hall–Kier alpha value is -3.85. The first kappa shape index (κ1) is 22.8. The third-order valence-corrected chi connectivity index (χ3v) is 4.81. The highest BCUT2D eigenvalue weighted by Gasteiger charge is 2.21. The molecule has 3 N–H and O–H groups in total. The Kier molecular flexibility index (Phi) is 7.11.